The SMILES string of the molecule is NC(=S)c1cncn1CC(O)(c1ccc(Br)cc1Cl)C1(F)CC1. The molecule has 1 heterocycles. The highest BCUT2D eigenvalue weighted by atomic mass is 79.9. The number of alkyl halides is 1. The summed E-state index contributed by atoms with van der Waals surface area (Å²) in [5.74, 6) is 0. The second-order valence-electron chi connectivity index (χ2n) is 5.72. The zero-order chi connectivity index (χ0) is 16.8. The Labute approximate surface area is 151 Å². The molecule has 122 valence electrons. The molecule has 1 aromatic heterocycles. The van der Waals surface area contributed by atoms with Gasteiger partial charge in [-0.1, -0.05) is 45.8 Å². The lowest BCUT2D eigenvalue weighted by Crippen LogP contribution is -2.43. The monoisotopic (exact) mass is 417 g/mol. The van der Waals surface area contributed by atoms with E-state index in [-0.39, 0.29) is 24.4 Å². The first-order chi connectivity index (χ1) is 10.8. The van der Waals surface area contributed by atoms with E-state index in [4.69, 9.17) is 29.6 Å². The Morgan fingerprint density at radius 2 is 2.26 bits per heavy atom. The number of imidazole rings is 1. The molecule has 1 aromatic carbocycles. The summed E-state index contributed by atoms with van der Waals surface area (Å²) in [7, 11) is 0. The fourth-order valence-corrected chi connectivity index (χ4v) is 3.71. The number of thiocarbonyl (C=S) groups is 1. The fourth-order valence-electron chi connectivity index (χ4n) is 2.71. The molecule has 2 aromatic rings. The Kier molecular flexibility index (Phi) is 4.25. The molecule has 0 bridgehead atoms. The van der Waals surface area contributed by atoms with Crippen LogP contribution in [0.5, 0.6) is 0 Å². The van der Waals surface area contributed by atoms with Crippen molar-refractivity contribution in [3.63, 3.8) is 0 Å². The highest BCUT2D eigenvalue weighted by Gasteiger charge is 2.61. The quantitative estimate of drug-likeness (QED) is 0.731. The summed E-state index contributed by atoms with van der Waals surface area (Å²) in [6.45, 7) is -0.0719. The summed E-state index contributed by atoms with van der Waals surface area (Å²) in [6, 6.07) is 4.99. The zero-order valence-corrected chi connectivity index (χ0v) is 15.1. The molecule has 0 spiro atoms. The predicted molar refractivity (Wildman–Crippen MR) is 94.2 cm³/mol. The van der Waals surface area contributed by atoms with E-state index in [2.05, 4.69) is 20.9 Å². The van der Waals surface area contributed by atoms with Crippen LogP contribution < -0.4 is 5.73 Å². The molecule has 0 amide bonds. The molecule has 4 nitrogen and oxygen atoms in total. The molecule has 1 aliphatic rings. The molecule has 1 aliphatic carbocycles. The summed E-state index contributed by atoms with van der Waals surface area (Å²) >= 11 is 14.5. The number of hydrogen-bond acceptors (Lipinski definition) is 3. The lowest BCUT2D eigenvalue weighted by molar-refractivity contribution is -0.0696. The molecular weight excluding hydrogens is 405 g/mol. The van der Waals surface area contributed by atoms with Crippen LogP contribution in [0.15, 0.2) is 35.2 Å². The minimum atomic E-state index is -1.79. The van der Waals surface area contributed by atoms with Gasteiger partial charge in [0.2, 0.25) is 0 Å². The molecule has 3 N–H and O–H groups in total. The minimum Gasteiger partial charge on any atom is -0.388 e. The van der Waals surface area contributed by atoms with Crippen LogP contribution in [0.25, 0.3) is 0 Å². The first-order valence-corrected chi connectivity index (χ1v) is 8.51. The molecule has 23 heavy (non-hydrogen) atoms. The first-order valence-electron chi connectivity index (χ1n) is 6.94. The van der Waals surface area contributed by atoms with Crippen LogP contribution >= 0.6 is 39.7 Å². The standard InChI is InChI=1S/C15H14BrClFN3OS/c16-9-1-2-10(11(17)5-9)15(22,14(18)3-4-14)7-21-8-20-6-12(21)13(19)23/h1-2,5-6,8,22H,3-4,7H2,(H2,19,23). The molecule has 1 saturated carbocycles. The topological polar surface area (TPSA) is 64.1 Å². The highest BCUT2D eigenvalue weighted by Crippen LogP contribution is 2.55. The number of benzene rings is 1. The molecule has 1 atom stereocenters. The maximum Gasteiger partial charge on any atom is 0.145 e. The maximum absolute atomic E-state index is 15.0. The Hall–Kier alpha value is -1.02. The Morgan fingerprint density at radius 3 is 2.83 bits per heavy atom. The van der Waals surface area contributed by atoms with Crippen LogP contribution in [-0.2, 0) is 12.1 Å². The second-order valence-corrected chi connectivity index (χ2v) is 7.48. The molecule has 1 fully saturated rings. The van der Waals surface area contributed by atoms with E-state index in [1.807, 2.05) is 0 Å². The van der Waals surface area contributed by atoms with E-state index in [1.165, 1.54) is 12.5 Å². The van der Waals surface area contributed by atoms with E-state index in [0.717, 1.165) is 4.47 Å². The van der Waals surface area contributed by atoms with E-state index in [1.54, 1.807) is 22.8 Å². The molecule has 0 saturated heterocycles. The molecule has 0 aliphatic heterocycles. The largest absolute Gasteiger partial charge is 0.388 e. The van der Waals surface area contributed by atoms with Crippen molar-refractivity contribution in [2.24, 2.45) is 5.73 Å². The highest BCUT2D eigenvalue weighted by molar-refractivity contribution is 9.10. The summed E-state index contributed by atoms with van der Waals surface area (Å²) < 4.78 is 17.3. The van der Waals surface area contributed by atoms with Crippen LogP contribution in [0.1, 0.15) is 24.1 Å². The van der Waals surface area contributed by atoms with Crippen molar-refractivity contribution < 1.29 is 9.50 Å². The van der Waals surface area contributed by atoms with E-state index in [9.17, 15) is 5.11 Å². The first kappa shape index (κ1) is 16.8. The van der Waals surface area contributed by atoms with E-state index >= 15 is 4.39 Å². The van der Waals surface area contributed by atoms with E-state index < -0.39 is 11.3 Å². The predicted octanol–water partition coefficient (Wildman–Crippen LogP) is 3.32. The zero-order valence-electron chi connectivity index (χ0n) is 12.0. The third-order valence-electron chi connectivity index (χ3n) is 4.17. The van der Waals surface area contributed by atoms with Gasteiger partial charge >= 0.3 is 0 Å². The van der Waals surface area contributed by atoms with Crippen molar-refractivity contribution in [3.8, 4) is 0 Å². The number of rotatable bonds is 5. The summed E-state index contributed by atoms with van der Waals surface area (Å²) in [4.78, 5) is 4.12. The van der Waals surface area contributed by atoms with Crippen molar-refractivity contribution in [1.29, 1.82) is 0 Å². The Morgan fingerprint density at radius 1 is 1.57 bits per heavy atom. The Bertz CT molecular complexity index is 780. The number of nitrogens with two attached hydrogens (primary N) is 1. The van der Waals surface area contributed by atoms with Gasteiger partial charge in [-0.2, -0.15) is 0 Å². The van der Waals surface area contributed by atoms with Gasteiger partial charge < -0.3 is 15.4 Å². The number of hydrogen-bond donors (Lipinski definition) is 2. The van der Waals surface area contributed by atoms with Crippen molar-refractivity contribution in [1.82, 2.24) is 9.55 Å². The van der Waals surface area contributed by atoms with Gasteiger partial charge in [-0.3, -0.25) is 0 Å². The van der Waals surface area contributed by atoms with Gasteiger partial charge in [0.25, 0.3) is 0 Å². The van der Waals surface area contributed by atoms with Gasteiger partial charge in [-0.05, 0) is 25.0 Å². The van der Waals surface area contributed by atoms with Crippen molar-refractivity contribution in [2.75, 3.05) is 0 Å². The molecule has 0 radical (unpaired) electrons. The number of aromatic nitrogens is 2. The van der Waals surface area contributed by atoms with Crippen LogP contribution in [0.2, 0.25) is 5.02 Å². The molecular formula is C15H14BrClFN3OS. The summed E-state index contributed by atoms with van der Waals surface area (Å²) in [5, 5.41) is 11.5. The van der Waals surface area contributed by atoms with Crippen LogP contribution in [0.3, 0.4) is 0 Å². The van der Waals surface area contributed by atoms with Crippen molar-refractivity contribution in [3.05, 3.63) is 51.5 Å². The lowest BCUT2D eigenvalue weighted by Gasteiger charge is -2.34. The van der Waals surface area contributed by atoms with Gasteiger partial charge in [0.1, 0.15) is 16.3 Å². The molecule has 1 unspecified atom stereocenters. The number of halogens is 3. The maximum atomic E-state index is 15.0. The molecule has 8 heteroatoms. The fraction of sp³-hybridized carbons (Fsp3) is 0.333. The van der Waals surface area contributed by atoms with Crippen LogP contribution in [0.4, 0.5) is 4.39 Å². The average molecular weight is 419 g/mol. The van der Waals surface area contributed by atoms with Crippen molar-refractivity contribution >= 4 is 44.7 Å². The average Bonchev–Trinajstić information content (AvgIpc) is 3.06. The van der Waals surface area contributed by atoms with Gasteiger partial charge in [0.05, 0.1) is 24.8 Å². The Balaban J connectivity index is 2.08. The third-order valence-corrected chi connectivity index (χ3v) is 5.19. The van der Waals surface area contributed by atoms with Gasteiger partial charge in [0, 0.05) is 15.1 Å². The molecule has 3 rings (SSSR count). The number of nitrogens with zero attached hydrogens (tertiary/aromatic N) is 2. The minimum absolute atomic E-state index is 0.0719. The number of aliphatic hydroxyl groups is 1. The van der Waals surface area contributed by atoms with Gasteiger partial charge in [-0.25, -0.2) is 9.37 Å². The normalized spacial score (nSPS) is 18.4. The van der Waals surface area contributed by atoms with Gasteiger partial charge in [-0.15, -0.1) is 0 Å². The van der Waals surface area contributed by atoms with Gasteiger partial charge in [0.15, 0.2) is 0 Å². The lowest BCUT2D eigenvalue weighted by atomic mass is 9.86. The van der Waals surface area contributed by atoms with Crippen LogP contribution in [0, 0.1) is 0 Å². The smallest absolute Gasteiger partial charge is 0.145 e. The third kappa shape index (κ3) is 2.91. The summed E-state index contributed by atoms with van der Waals surface area (Å²) in [6.07, 6.45) is 3.50. The van der Waals surface area contributed by atoms with Crippen LogP contribution in [-0.4, -0.2) is 25.3 Å². The second kappa shape index (κ2) is 5.81. The summed E-state index contributed by atoms with van der Waals surface area (Å²) in [5.41, 5.74) is 2.94. The van der Waals surface area contributed by atoms with Crippen molar-refractivity contribution in [2.45, 2.75) is 30.7 Å². The van der Waals surface area contributed by atoms with E-state index in [0.29, 0.717) is 16.3 Å².